The Kier molecular flexibility index (Phi) is 4.70. The van der Waals surface area contributed by atoms with Gasteiger partial charge in [-0.05, 0) is 24.3 Å². The van der Waals surface area contributed by atoms with E-state index in [1.165, 1.54) is 0 Å². The standard InChI is InChI=1S/C13H14BrN3O2/c14-9-1-3-11(4-2-9)19-7-13(18)12(15)5-10-6-16-8-17-10/h1-4,6,8,12H,5,7,15H2,(H,16,17)/t12-/m0/s1. The largest absolute Gasteiger partial charge is 0.486 e. The molecule has 0 radical (unpaired) electrons. The van der Waals surface area contributed by atoms with Crippen molar-refractivity contribution in [2.24, 2.45) is 5.73 Å². The quantitative estimate of drug-likeness (QED) is 0.847. The molecule has 1 aromatic carbocycles. The van der Waals surface area contributed by atoms with Crippen LogP contribution in [0.2, 0.25) is 0 Å². The fourth-order valence-corrected chi connectivity index (χ4v) is 1.80. The first-order valence-corrected chi connectivity index (χ1v) is 6.58. The van der Waals surface area contributed by atoms with Crippen LogP contribution >= 0.6 is 15.9 Å². The lowest BCUT2D eigenvalue weighted by molar-refractivity contribution is -0.122. The molecule has 1 heterocycles. The third kappa shape index (κ3) is 4.18. The summed E-state index contributed by atoms with van der Waals surface area (Å²) in [4.78, 5) is 18.6. The van der Waals surface area contributed by atoms with Gasteiger partial charge in [0.25, 0.3) is 0 Å². The first-order valence-electron chi connectivity index (χ1n) is 5.79. The summed E-state index contributed by atoms with van der Waals surface area (Å²) in [5, 5.41) is 0. The lowest BCUT2D eigenvalue weighted by Crippen LogP contribution is -2.36. The number of carbonyl (C=O) groups is 1. The second-order valence-corrected chi connectivity index (χ2v) is 5.01. The molecule has 3 N–H and O–H groups in total. The van der Waals surface area contributed by atoms with Crippen molar-refractivity contribution >= 4 is 21.7 Å². The number of benzene rings is 1. The number of nitrogens with zero attached hydrogens (tertiary/aromatic N) is 1. The number of Topliss-reactive ketones (excluding diaryl/α,β-unsaturated/α-hetero) is 1. The van der Waals surface area contributed by atoms with Crippen LogP contribution in [0.1, 0.15) is 5.69 Å². The minimum Gasteiger partial charge on any atom is -0.486 e. The summed E-state index contributed by atoms with van der Waals surface area (Å²) >= 11 is 3.33. The Morgan fingerprint density at radius 3 is 2.79 bits per heavy atom. The number of ketones is 1. The highest BCUT2D eigenvalue weighted by Crippen LogP contribution is 2.16. The van der Waals surface area contributed by atoms with Crippen molar-refractivity contribution in [1.29, 1.82) is 0 Å². The monoisotopic (exact) mass is 323 g/mol. The highest BCUT2D eigenvalue weighted by molar-refractivity contribution is 9.10. The van der Waals surface area contributed by atoms with Crippen LogP contribution in [0, 0.1) is 0 Å². The molecular weight excluding hydrogens is 310 g/mol. The fraction of sp³-hybridized carbons (Fsp3) is 0.231. The Balaban J connectivity index is 1.82. The molecule has 6 heteroatoms. The summed E-state index contributed by atoms with van der Waals surface area (Å²) in [5.74, 6) is 0.503. The van der Waals surface area contributed by atoms with Crippen molar-refractivity contribution in [1.82, 2.24) is 9.97 Å². The number of hydrogen-bond acceptors (Lipinski definition) is 4. The van der Waals surface area contributed by atoms with Crippen LogP contribution < -0.4 is 10.5 Å². The van der Waals surface area contributed by atoms with Crippen molar-refractivity contribution in [3.8, 4) is 5.75 Å². The molecule has 0 aliphatic rings. The first-order chi connectivity index (χ1) is 9.15. The number of aromatic amines is 1. The number of H-pyrrole nitrogens is 1. The minimum atomic E-state index is -0.587. The molecule has 0 saturated carbocycles. The van der Waals surface area contributed by atoms with Crippen molar-refractivity contribution in [3.63, 3.8) is 0 Å². The number of imidazole rings is 1. The van der Waals surface area contributed by atoms with Gasteiger partial charge in [0, 0.05) is 22.8 Å². The van der Waals surface area contributed by atoms with Gasteiger partial charge in [0.2, 0.25) is 0 Å². The molecule has 0 bridgehead atoms. The van der Waals surface area contributed by atoms with E-state index in [0.29, 0.717) is 12.2 Å². The van der Waals surface area contributed by atoms with Gasteiger partial charge in [0.15, 0.2) is 5.78 Å². The van der Waals surface area contributed by atoms with Crippen molar-refractivity contribution in [2.45, 2.75) is 12.5 Å². The summed E-state index contributed by atoms with van der Waals surface area (Å²) in [6.45, 7) is -0.0308. The Morgan fingerprint density at radius 2 is 2.16 bits per heavy atom. The Morgan fingerprint density at radius 1 is 1.42 bits per heavy atom. The predicted molar refractivity (Wildman–Crippen MR) is 74.9 cm³/mol. The normalized spacial score (nSPS) is 12.1. The maximum atomic E-state index is 11.8. The van der Waals surface area contributed by atoms with Gasteiger partial charge in [-0.15, -0.1) is 0 Å². The number of nitrogens with two attached hydrogens (primary N) is 1. The molecule has 1 atom stereocenters. The summed E-state index contributed by atoms with van der Waals surface area (Å²) in [6.07, 6.45) is 3.65. The second-order valence-electron chi connectivity index (χ2n) is 4.10. The highest BCUT2D eigenvalue weighted by Gasteiger charge is 2.15. The van der Waals surface area contributed by atoms with Gasteiger partial charge in [-0.1, -0.05) is 15.9 Å². The van der Waals surface area contributed by atoms with Gasteiger partial charge in [0.1, 0.15) is 12.4 Å². The molecule has 0 amide bonds. The third-order valence-electron chi connectivity index (χ3n) is 2.60. The molecule has 0 unspecified atom stereocenters. The Bertz CT molecular complexity index is 525. The van der Waals surface area contributed by atoms with Gasteiger partial charge in [-0.25, -0.2) is 4.98 Å². The maximum absolute atomic E-state index is 11.8. The van der Waals surface area contributed by atoms with E-state index in [-0.39, 0.29) is 12.4 Å². The summed E-state index contributed by atoms with van der Waals surface area (Å²) in [7, 11) is 0. The van der Waals surface area contributed by atoms with E-state index in [9.17, 15) is 4.79 Å². The number of ether oxygens (including phenoxy) is 1. The maximum Gasteiger partial charge on any atom is 0.187 e. The van der Waals surface area contributed by atoms with E-state index in [1.54, 1.807) is 24.7 Å². The number of carbonyl (C=O) groups excluding carboxylic acids is 1. The van der Waals surface area contributed by atoms with E-state index >= 15 is 0 Å². The zero-order valence-corrected chi connectivity index (χ0v) is 11.8. The van der Waals surface area contributed by atoms with Gasteiger partial charge in [-0.2, -0.15) is 0 Å². The highest BCUT2D eigenvalue weighted by atomic mass is 79.9. The van der Waals surface area contributed by atoms with Crippen LogP contribution in [0.4, 0.5) is 0 Å². The molecule has 2 aromatic rings. The first kappa shape index (κ1) is 13.8. The van der Waals surface area contributed by atoms with Crippen LogP contribution in [0.15, 0.2) is 41.3 Å². The molecular formula is C13H14BrN3O2. The molecule has 0 fully saturated rings. The molecule has 2 rings (SSSR count). The van der Waals surface area contributed by atoms with Crippen LogP contribution in [-0.2, 0) is 11.2 Å². The zero-order chi connectivity index (χ0) is 13.7. The van der Waals surface area contributed by atoms with E-state index < -0.39 is 6.04 Å². The van der Waals surface area contributed by atoms with E-state index in [1.807, 2.05) is 12.1 Å². The lowest BCUT2D eigenvalue weighted by Gasteiger charge is -2.10. The molecule has 1 aromatic heterocycles. The number of nitrogens with one attached hydrogen (secondary N) is 1. The summed E-state index contributed by atoms with van der Waals surface area (Å²) in [5.41, 5.74) is 6.65. The number of hydrogen-bond donors (Lipinski definition) is 2. The molecule has 0 spiro atoms. The third-order valence-corrected chi connectivity index (χ3v) is 3.13. The predicted octanol–water partition coefficient (Wildman–Crippen LogP) is 1.69. The topological polar surface area (TPSA) is 81.0 Å². The number of halogens is 1. The van der Waals surface area contributed by atoms with Gasteiger partial charge < -0.3 is 15.5 Å². The lowest BCUT2D eigenvalue weighted by atomic mass is 10.1. The smallest absolute Gasteiger partial charge is 0.187 e. The molecule has 100 valence electrons. The molecule has 0 saturated heterocycles. The molecule has 5 nitrogen and oxygen atoms in total. The second kappa shape index (κ2) is 6.49. The van der Waals surface area contributed by atoms with E-state index in [0.717, 1.165) is 10.2 Å². The average Bonchev–Trinajstić information content (AvgIpc) is 2.90. The Hall–Kier alpha value is -1.66. The molecule has 19 heavy (non-hydrogen) atoms. The zero-order valence-electron chi connectivity index (χ0n) is 10.2. The van der Waals surface area contributed by atoms with Gasteiger partial charge in [0.05, 0.1) is 12.4 Å². The average molecular weight is 324 g/mol. The fourth-order valence-electron chi connectivity index (χ4n) is 1.54. The summed E-state index contributed by atoms with van der Waals surface area (Å²) < 4.78 is 6.35. The van der Waals surface area contributed by atoms with Crippen molar-refractivity contribution in [2.75, 3.05) is 6.61 Å². The van der Waals surface area contributed by atoms with Crippen molar-refractivity contribution < 1.29 is 9.53 Å². The number of rotatable bonds is 6. The SMILES string of the molecule is N[C@@H](Cc1cnc[nH]1)C(=O)COc1ccc(Br)cc1. The van der Waals surface area contributed by atoms with E-state index in [2.05, 4.69) is 25.9 Å². The van der Waals surface area contributed by atoms with Crippen LogP contribution in [-0.4, -0.2) is 28.4 Å². The Labute approximate surface area is 119 Å². The van der Waals surface area contributed by atoms with Crippen LogP contribution in [0.3, 0.4) is 0 Å². The van der Waals surface area contributed by atoms with Gasteiger partial charge >= 0.3 is 0 Å². The molecule has 0 aliphatic carbocycles. The summed E-state index contributed by atoms with van der Waals surface area (Å²) in [6, 6.07) is 6.69. The molecule has 0 aliphatic heterocycles. The van der Waals surface area contributed by atoms with Crippen LogP contribution in [0.25, 0.3) is 0 Å². The van der Waals surface area contributed by atoms with E-state index in [4.69, 9.17) is 10.5 Å². The van der Waals surface area contributed by atoms with Crippen molar-refractivity contribution in [3.05, 3.63) is 47.0 Å². The number of aromatic nitrogens is 2. The minimum absolute atomic E-state index is 0.0308. The van der Waals surface area contributed by atoms with Crippen LogP contribution in [0.5, 0.6) is 5.75 Å². The van der Waals surface area contributed by atoms with Gasteiger partial charge in [-0.3, -0.25) is 4.79 Å².